The normalized spacial score (nSPS) is 17.4. The van der Waals surface area contributed by atoms with Gasteiger partial charge in [-0.2, -0.15) is 5.21 Å². The topological polar surface area (TPSA) is 453 Å². The first-order valence-electron chi connectivity index (χ1n) is 26.5. The number of hydrogen-bond acceptors (Lipinski definition) is 23. The van der Waals surface area contributed by atoms with E-state index >= 15 is 0 Å². The third kappa shape index (κ3) is 11.5. The third-order valence-electron chi connectivity index (χ3n) is 15.1. The number of primary sulfonamides is 3. The van der Waals surface area contributed by atoms with E-state index in [4.69, 9.17) is 24.9 Å². The van der Waals surface area contributed by atoms with Crippen LogP contribution in [0.1, 0.15) is 41.3 Å². The van der Waals surface area contributed by atoms with Crippen molar-refractivity contribution in [3.8, 4) is 78.9 Å². The minimum atomic E-state index is -4.88. The zero-order chi connectivity index (χ0) is 62.9. The van der Waals surface area contributed by atoms with Gasteiger partial charge in [0.05, 0.1) is 42.8 Å². The Hall–Kier alpha value is -9.88. The highest BCUT2D eigenvalue weighted by molar-refractivity contribution is 8.15. The Labute approximate surface area is 507 Å². The van der Waals surface area contributed by atoms with Gasteiger partial charge >= 0.3 is 6.09 Å². The van der Waals surface area contributed by atoms with Crippen molar-refractivity contribution < 1.29 is 58.7 Å². The molecule has 454 valence electrons. The first-order valence-corrected chi connectivity index (χ1v) is 31.9. The maximum Gasteiger partial charge on any atom is 0.414 e. The van der Waals surface area contributed by atoms with Gasteiger partial charge in [-0.25, -0.2) is 45.5 Å². The van der Waals surface area contributed by atoms with Crippen molar-refractivity contribution in [2.45, 2.75) is 57.8 Å². The molecule has 3 aliphatic rings. The molecule has 9 N–H and O–H groups in total. The molecule has 0 radical (unpaired) electrons. The highest BCUT2D eigenvalue weighted by Gasteiger charge is 2.45. The van der Waals surface area contributed by atoms with Crippen molar-refractivity contribution in [3.63, 3.8) is 0 Å². The molecular formula is C54H46N18O13S4. The second-order valence-electron chi connectivity index (χ2n) is 20.7. The van der Waals surface area contributed by atoms with Crippen molar-refractivity contribution in [1.29, 1.82) is 0 Å². The number of cyclic esters (lactones) is 1. The quantitative estimate of drug-likeness (QED) is 0.0810. The summed E-state index contributed by atoms with van der Waals surface area (Å²) in [4.78, 5) is 64.9. The predicted octanol–water partition coefficient (Wildman–Crippen LogP) is 2.72. The fourth-order valence-corrected chi connectivity index (χ4v) is 13.8. The number of benzene rings is 6. The first kappa shape index (κ1) is 59.5. The van der Waals surface area contributed by atoms with Gasteiger partial charge in [-0.3, -0.25) is 29.8 Å². The summed E-state index contributed by atoms with van der Waals surface area (Å²) in [6, 6.07) is 28.2. The highest BCUT2D eigenvalue weighted by Crippen LogP contribution is 2.44. The van der Waals surface area contributed by atoms with Gasteiger partial charge in [-0.1, -0.05) is 72.8 Å². The molecule has 0 aliphatic carbocycles. The second-order valence-corrected chi connectivity index (χ2v) is 26.6. The molecule has 3 fully saturated rings. The van der Waals surface area contributed by atoms with Gasteiger partial charge in [0.2, 0.25) is 53.5 Å². The molecule has 31 nitrogen and oxygen atoms in total. The maximum absolute atomic E-state index is 14.1. The molecule has 9 aromatic rings. The number of nitrogens with one attached hydrogen (secondary N) is 3. The number of nitrogens with two attached hydrogens (primary N) is 3. The number of rotatable bonds is 16. The molecule has 89 heavy (non-hydrogen) atoms. The lowest BCUT2D eigenvalue weighted by Gasteiger charge is -2.31. The van der Waals surface area contributed by atoms with Crippen molar-refractivity contribution in [3.05, 3.63) is 132 Å². The number of ether oxygens (including phenoxy) is 2. The third-order valence-corrected chi connectivity index (χ3v) is 19.0. The number of aromatic amines is 1. The smallest absolute Gasteiger partial charge is 0.414 e. The summed E-state index contributed by atoms with van der Waals surface area (Å²) in [6.45, 7) is 2.62. The van der Waals surface area contributed by atoms with Gasteiger partial charge in [-0.05, 0) is 134 Å². The highest BCUT2D eigenvalue weighted by atomic mass is 32.2. The number of amides is 5. The van der Waals surface area contributed by atoms with Crippen LogP contribution in [0.2, 0.25) is 0 Å². The van der Waals surface area contributed by atoms with Gasteiger partial charge in [0.15, 0.2) is 6.10 Å². The minimum absolute atomic E-state index is 0.0206. The lowest BCUT2D eigenvalue weighted by Crippen LogP contribution is -2.40. The summed E-state index contributed by atoms with van der Waals surface area (Å²) in [5.41, 5.74) is 1.97. The molecule has 35 heteroatoms. The monoisotopic (exact) mass is 1280 g/mol. The Morgan fingerprint density at radius 1 is 0.663 bits per heavy atom. The number of imide groups is 2. The number of tetrazole rings is 3. The summed E-state index contributed by atoms with van der Waals surface area (Å²) >= 11 is 0.780. The Morgan fingerprint density at radius 3 is 1.70 bits per heavy atom. The predicted molar refractivity (Wildman–Crippen MR) is 313 cm³/mol. The second kappa shape index (κ2) is 22.7. The van der Waals surface area contributed by atoms with Crippen LogP contribution in [0.15, 0.2) is 130 Å². The lowest BCUT2D eigenvalue weighted by molar-refractivity contribution is -0.123. The fourth-order valence-electron chi connectivity index (χ4n) is 10.6. The van der Waals surface area contributed by atoms with Crippen LogP contribution in [0.5, 0.6) is 0 Å². The molecule has 6 aromatic carbocycles. The van der Waals surface area contributed by atoms with Gasteiger partial charge in [-0.15, -0.1) is 40.2 Å². The molecule has 0 saturated carbocycles. The molecule has 5 amide bonds. The van der Waals surface area contributed by atoms with Crippen LogP contribution in [-0.2, 0) is 60.3 Å². The SMILES string of the molecule is CN(C(=O)c1ccc(-c2cccc(S(N)(=O)=O)c2-c2nnn(-c3cc(-c4ccc(CC5OC(=O)NC5=O)cc4)c(-c4nnn(-c5cc(-c6ccc(C7(C)SC(=O)NC7=O)cc6)c(-c6nn[nH]n6)c(S(N)(=O)=O)c5)n4)c(S(N)(=O)=O)c3)n2)cc1)C1CCOCC1. The Balaban J connectivity index is 0.984. The van der Waals surface area contributed by atoms with E-state index in [0.29, 0.717) is 53.9 Å². The molecule has 0 bridgehead atoms. The van der Waals surface area contributed by atoms with E-state index in [1.807, 2.05) is 0 Å². The van der Waals surface area contributed by atoms with E-state index in [-0.39, 0.29) is 80.3 Å². The summed E-state index contributed by atoms with van der Waals surface area (Å²) in [5, 5.41) is 61.7. The van der Waals surface area contributed by atoms with Crippen LogP contribution < -0.4 is 26.1 Å². The number of hydrogen-bond donors (Lipinski definition) is 6. The van der Waals surface area contributed by atoms with Crippen LogP contribution in [-0.4, -0.2) is 153 Å². The number of nitrogens with zero attached hydrogens (tertiary/aromatic N) is 12. The van der Waals surface area contributed by atoms with Crippen LogP contribution in [0.3, 0.4) is 0 Å². The van der Waals surface area contributed by atoms with Gasteiger partial charge < -0.3 is 14.4 Å². The minimum Gasteiger partial charge on any atom is -0.435 e. The zero-order valence-electron chi connectivity index (χ0n) is 46.2. The number of carbonyl (C=O) groups is 5. The van der Waals surface area contributed by atoms with Crippen LogP contribution in [0.25, 0.3) is 78.9 Å². The van der Waals surface area contributed by atoms with E-state index in [0.717, 1.165) is 33.5 Å². The lowest BCUT2D eigenvalue weighted by atomic mass is 9.93. The largest absolute Gasteiger partial charge is 0.435 e. The first-order chi connectivity index (χ1) is 42.3. The number of H-pyrrole nitrogens is 1. The van der Waals surface area contributed by atoms with E-state index in [1.54, 1.807) is 97.7 Å². The summed E-state index contributed by atoms with van der Waals surface area (Å²) in [5.74, 6) is -2.33. The van der Waals surface area contributed by atoms with Crippen LogP contribution >= 0.6 is 11.8 Å². The Kier molecular flexibility index (Phi) is 15.2. The molecule has 2 unspecified atom stereocenters. The van der Waals surface area contributed by atoms with Crippen LogP contribution in [0.4, 0.5) is 9.59 Å². The summed E-state index contributed by atoms with van der Waals surface area (Å²) < 4.78 is 91.4. The maximum atomic E-state index is 14.1. The average Bonchev–Trinajstić information content (AvgIpc) is 2.01. The molecule has 12 rings (SSSR count). The summed E-state index contributed by atoms with van der Waals surface area (Å²) in [7, 11) is -12.4. The van der Waals surface area contributed by atoms with Gasteiger partial charge in [0.1, 0.15) is 4.75 Å². The van der Waals surface area contributed by atoms with Crippen molar-refractivity contribution in [2.24, 2.45) is 15.4 Å². The standard InChI is InChI=1S/C54H46N18O13S4/c1-54(51(75)59-53(77)86-54)32-16-14-30(15-17-32)37-23-34(25-41(88(56,80)81)44(37)46-60-66-67-61-46)72-65-48(63-69-72)45-38(29-8-6-27(7-9-29)22-39-49(73)58-52(76)85-39)24-35(26-42(45)89(57,82)83)71-64-47(62-68-71)43-36(4-3-5-40(43)87(55,78)79)28-10-12-31(13-11-28)50(74)70(2)33-18-20-84-21-19-33/h3-17,23-26,33,39H,18-22H2,1-2H3,(H2,55,78,79)(H2,56,80,81)(H2,57,82,83)(H,58,73,76)(H,59,75,77)(H,60,61,66,67). The van der Waals surface area contributed by atoms with E-state index in [9.17, 15) is 49.2 Å². The van der Waals surface area contributed by atoms with Crippen LogP contribution in [0, 0.1) is 0 Å². The van der Waals surface area contributed by atoms with E-state index in [2.05, 4.69) is 62.1 Å². The Bertz CT molecular complexity index is 4750. The number of aromatic nitrogens is 12. The zero-order valence-corrected chi connectivity index (χ0v) is 49.5. The van der Waals surface area contributed by atoms with E-state index in [1.165, 1.54) is 24.3 Å². The molecule has 0 spiro atoms. The van der Waals surface area contributed by atoms with E-state index < -0.39 is 84.6 Å². The number of thioether (sulfide) groups is 1. The van der Waals surface area contributed by atoms with Gasteiger partial charge in [0, 0.05) is 38.3 Å². The molecule has 6 heterocycles. The molecule has 3 aliphatic heterocycles. The molecule has 2 atom stereocenters. The number of sulfonamides is 3. The molecule has 3 saturated heterocycles. The molecular weight excluding hydrogens is 1240 g/mol. The van der Waals surface area contributed by atoms with Crippen molar-refractivity contribution in [2.75, 3.05) is 20.3 Å². The van der Waals surface area contributed by atoms with Crippen molar-refractivity contribution in [1.82, 2.24) is 76.6 Å². The molecule has 3 aromatic heterocycles. The number of alkyl carbamates (subject to hydrolysis) is 1. The Morgan fingerprint density at radius 2 is 1.19 bits per heavy atom. The average molecular weight is 1280 g/mol. The fraction of sp³-hybridized carbons (Fsp3) is 0.185. The van der Waals surface area contributed by atoms with Crippen molar-refractivity contribution >= 4 is 70.9 Å². The number of carbonyl (C=O) groups excluding carboxylic acids is 5. The van der Waals surface area contributed by atoms with Gasteiger partial charge in [0.25, 0.3) is 17.1 Å². The summed E-state index contributed by atoms with van der Waals surface area (Å²) in [6.07, 6.45) is -0.777.